The van der Waals surface area contributed by atoms with Crippen molar-refractivity contribution in [3.05, 3.63) is 74.6 Å². The summed E-state index contributed by atoms with van der Waals surface area (Å²) in [7, 11) is 1.33. The van der Waals surface area contributed by atoms with Crippen molar-refractivity contribution < 1.29 is 26.9 Å². The summed E-state index contributed by atoms with van der Waals surface area (Å²) >= 11 is 2.01. The van der Waals surface area contributed by atoms with Crippen molar-refractivity contribution in [1.29, 1.82) is 0 Å². The number of aromatic nitrogens is 1. The summed E-state index contributed by atoms with van der Waals surface area (Å²) in [6, 6.07) is 6.56. The molecule has 156 valence electrons. The van der Waals surface area contributed by atoms with E-state index in [-0.39, 0.29) is 16.8 Å². The van der Waals surface area contributed by atoms with E-state index in [4.69, 9.17) is 4.52 Å². The predicted octanol–water partition coefficient (Wildman–Crippen LogP) is 5.87. The second-order valence-electron chi connectivity index (χ2n) is 5.65. The molecule has 9 heteroatoms. The van der Waals surface area contributed by atoms with Crippen LogP contribution in [0.1, 0.15) is 18.2 Å². The van der Waals surface area contributed by atoms with Crippen LogP contribution in [0.3, 0.4) is 0 Å². The molecule has 0 saturated carbocycles. The van der Waals surface area contributed by atoms with E-state index in [1.807, 2.05) is 22.6 Å². The Labute approximate surface area is 184 Å². The fourth-order valence-corrected chi connectivity index (χ4v) is 2.73. The monoisotopic (exact) mass is 530 g/mol. The van der Waals surface area contributed by atoms with Crippen LogP contribution in [0.25, 0.3) is 11.3 Å². The molecule has 4 nitrogen and oxygen atoms in total. The summed E-state index contributed by atoms with van der Waals surface area (Å²) in [5.74, 6) is 3.17. The van der Waals surface area contributed by atoms with Gasteiger partial charge in [0.25, 0.3) is 0 Å². The van der Waals surface area contributed by atoms with Gasteiger partial charge >= 0.3 is 0 Å². The van der Waals surface area contributed by atoms with E-state index in [1.165, 1.54) is 25.3 Å². The van der Waals surface area contributed by atoms with Crippen molar-refractivity contribution in [3.63, 3.8) is 0 Å². The van der Waals surface area contributed by atoms with Crippen LogP contribution in [0.15, 0.2) is 46.1 Å². The molecule has 3 rings (SSSR count). The van der Waals surface area contributed by atoms with Crippen molar-refractivity contribution in [1.82, 2.24) is 5.16 Å². The molecule has 0 aliphatic carbocycles. The highest BCUT2D eigenvalue weighted by Crippen LogP contribution is 2.28. The molecule has 0 spiro atoms. The molecule has 3 aromatic rings. The molecule has 0 N–H and O–H groups in total. The molecule has 0 unspecified atom stereocenters. The molecule has 1 heterocycles. The third-order valence-corrected chi connectivity index (χ3v) is 4.86. The molecule has 0 aliphatic rings. The van der Waals surface area contributed by atoms with Crippen molar-refractivity contribution in [2.24, 2.45) is 5.16 Å². The Morgan fingerprint density at radius 2 is 1.70 bits per heavy atom. The maximum atomic E-state index is 13.4. The number of aryl methyl sites for hydroxylation is 1. The Hall–Kier alpha value is -2.87. The van der Waals surface area contributed by atoms with Gasteiger partial charge in [-0.25, -0.2) is 17.6 Å². The van der Waals surface area contributed by atoms with Gasteiger partial charge in [0.15, 0.2) is 5.71 Å². The highest BCUT2D eigenvalue weighted by atomic mass is 127. The smallest absolute Gasteiger partial charge is 0.162 e. The van der Waals surface area contributed by atoms with Crippen molar-refractivity contribution in [2.45, 2.75) is 13.8 Å². The molecule has 0 radical (unpaired) electrons. The minimum Gasteiger partial charge on any atom is -0.398 e. The SMILES string of the molecule is CC#C/C(=N\OC)c1ccc(F)cc1F.Cc1onc(-c2ccc(F)cc2F)c1I. The molecular weight excluding hydrogens is 515 g/mol. The highest BCUT2D eigenvalue weighted by Gasteiger charge is 2.15. The van der Waals surface area contributed by atoms with Crippen LogP contribution in [0.2, 0.25) is 0 Å². The molecular formula is C21H15F4IN2O2. The fourth-order valence-electron chi connectivity index (χ4n) is 2.24. The third kappa shape index (κ3) is 5.82. The van der Waals surface area contributed by atoms with Gasteiger partial charge < -0.3 is 9.36 Å². The Kier molecular flexibility index (Phi) is 8.41. The van der Waals surface area contributed by atoms with Gasteiger partial charge in [0.1, 0.15) is 41.8 Å². The first-order valence-electron chi connectivity index (χ1n) is 8.35. The summed E-state index contributed by atoms with van der Waals surface area (Å²) in [6.07, 6.45) is 0. The lowest BCUT2D eigenvalue weighted by Gasteiger charge is -2.00. The zero-order chi connectivity index (χ0) is 22.3. The van der Waals surface area contributed by atoms with Crippen LogP contribution in [0.4, 0.5) is 17.6 Å². The third-order valence-electron chi connectivity index (χ3n) is 3.59. The molecule has 1 aromatic heterocycles. The minimum atomic E-state index is -0.714. The van der Waals surface area contributed by atoms with E-state index < -0.39 is 23.3 Å². The second-order valence-corrected chi connectivity index (χ2v) is 6.73. The largest absolute Gasteiger partial charge is 0.398 e. The quantitative estimate of drug-likeness (QED) is 0.140. The van der Waals surface area contributed by atoms with E-state index in [1.54, 1.807) is 13.8 Å². The number of benzene rings is 2. The first-order chi connectivity index (χ1) is 14.3. The molecule has 0 amide bonds. The van der Waals surface area contributed by atoms with Gasteiger partial charge in [0, 0.05) is 23.3 Å². The van der Waals surface area contributed by atoms with Crippen LogP contribution in [0.5, 0.6) is 0 Å². The molecule has 0 fully saturated rings. The van der Waals surface area contributed by atoms with Crippen LogP contribution < -0.4 is 0 Å². The number of nitrogens with zero attached hydrogens (tertiary/aromatic N) is 2. The lowest BCUT2D eigenvalue weighted by Crippen LogP contribution is -2.02. The summed E-state index contributed by atoms with van der Waals surface area (Å²) in [5.41, 5.74) is 0.911. The zero-order valence-corrected chi connectivity index (χ0v) is 18.2. The molecule has 2 aromatic carbocycles. The van der Waals surface area contributed by atoms with E-state index in [0.717, 1.165) is 21.8 Å². The zero-order valence-electron chi connectivity index (χ0n) is 16.1. The Balaban J connectivity index is 0.000000214. The van der Waals surface area contributed by atoms with Crippen molar-refractivity contribution in [2.75, 3.05) is 7.11 Å². The van der Waals surface area contributed by atoms with E-state index >= 15 is 0 Å². The maximum Gasteiger partial charge on any atom is 0.162 e. The summed E-state index contributed by atoms with van der Waals surface area (Å²) in [6.45, 7) is 3.33. The van der Waals surface area contributed by atoms with Crippen LogP contribution in [-0.2, 0) is 4.84 Å². The Morgan fingerprint density at radius 1 is 1.07 bits per heavy atom. The number of halogens is 5. The highest BCUT2D eigenvalue weighted by molar-refractivity contribution is 14.1. The van der Waals surface area contributed by atoms with Gasteiger partial charge in [-0.05, 0) is 66.6 Å². The summed E-state index contributed by atoms with van der Waals surface area (Å²) in [5, 5.41) is 7.29. The first kappa shape index (κ1) is 23.4. The van der Waals surface area contributed by atoms with E-state index in [9.17, 15) is 17.6 Å². The number of oxime groups is 1. The standard InChI is InChI=1S/C11H9F2NO.C10H6F2INO/c1-3-4-11(14-15-2)9-6-5-8(12)7-10(9)13;1-5-9(13)10(14-15-5)7-3-2-6(11)4-8(7)12/h5-7H,1-2H3;2-4H,1H3/b14-11+;. The van der Waals surface area contributed by atoms with Gasteiger partial charge in [-0.1, -0.05) is 16.2 Å². The van der Waals surface area contributed by atoms with Crippen molar-refractivity contribution >= 4 is 28.3 Å². The average Bonchev–Trinajstić information content (AvgIpc) is 3.01. The fraction of sp³-hybridized carbons (Fsp3) is 0.143. The molecule has 0 saturated heterocycles. The van der Waals surface area contributed by atoms with Crippen molar-refractivity contribution in [3.8, 4) is 23.1 Å². The summed E-state index contributed by atoms with van der Waals surface area (Å²) in [4.78, 5) is 4.52. The maximum absolute atomic E-state index is 13.4. The Bertz CT molecular complexity index is 1130. The van der Waals surface area contributed by atoms with E-state index in [0.29, 0.717) is 11.5 Å². The second kappa shape index (κ2) is 10.8. The topological polar surface area (TPSA) is 47.6 Å². The normalized spacial score (nSPS) is 10.6. The van der Waals surface area contributed by atoms with Crippen LogP contribution in [0, 0.1) is 45.6 Å². The van der Waals surface area contributed by atoms with Crippen LogP contribution in [-0.4, -0.2) is 18.0 Å². The first-order valence-corrected chi connectivity index (χ1v) is 9.42. The lowest BCUT2D eigenvalue weighted by atomic mass is 10.1. The predicted molar refractivity (Wildman–Crippen MR) is 113 cm³/mol. The van der Waals surface area contributed by atoms with Gasteiger partial charge in [0.05, 0.1) is 3.57 Å². The Morgan fingerprint density at radius 3 is 2.20 bits per heavy atom. The average molecular weight is 530 g/mol. The molecule has 0 bridgehead atoms. The number of rotatable bonds is 3. The minimum absolute atomic E-state index is 0.118. The van der Waals surface area contributed by atoms with Gasteiger partial charge in [-0.3, -0.25) is 0 Å². The van der Waals surface area contributed by atoms with Gasteiger partial charge in [-0.2, -0.15) is 0 Å². The van der Waals surface area contributed by atoms with E-state index in [2.05, 4.69) is 27.0 Å². The number of hydrogen-bond acceptors (Lipinski definition) is 4. The van der Waals surface area contributed by atoms with Gasteiger partial charge in [0.2, 0.25) is 0 Å². The molecule has 0 aliphatic heterocycles. The number of hydrogen-bond donors (Lipinski definition) is 0. The molecule has 30 heavy (non-hydrogen) atoms. The molecule has 0 atom stereocenters. The van der Waals surface area contributed by atoms with Gasteiger partial charge in [-0.15, -0.1) is 0 Å². The lowest BCUT2D eigenvalue weighted by molar-refractivity contribution is 0.214. The van der Waals surface area contributed by atoms with Crippen LogP contribution >= 0.6 is 22.6 Å². The summed E-state index contributed by atoms with van der Waals surface area (Å²) < 4.78 is 57.7.